The van der Waals surface area contributed by atoms with E-state index in [4.69, 9.17) is 31.5 Å². The number of carbonyl (C=O) groups is 1. The Morgan fingerprint density at radius 3 is 2.82 bits per heavy atom. The van der Waals surface area contributed by atoms with Gasteiger partial charge >= 0.3 is 0 Å². The van der Waals surface area contributed by atoms with E-state index in [2.05, 4.69) is 5.32 Å². The van der Waals surface area contributed by atoms with E-state index in [1.54, 1.807) is 18.2 Å². The van der Waals surface area contributed by atoms with Crippen LogP contribution in [-0.2, 0) is 14.3 Å². The van der Waals surface area contributed by atoms with Crippen LogP contribution >= 0.6 is 11.6 Å². The van der Waals surface area contributed by atoms with Crippen molar-refractivity contribution in [3.05, 3.63) is 23.2 Å². The normalized spacial score (nSPS) is 12.0. The van der Waals surface area contributed by atoms with Crippen molar-refractivity contribution in [2.75, 3.05) is 38.8 Å². The molecule has 0 saturated carbocycles. The zero-order chi connectivity index (χ0) is 16.4. The monoisotopic (exact) mass is 330 g/mol. The summed E-state index contributed by atoms with van der Waals surface area (Å²) in [6.07, 6.45) is -0.153. The second kappa shape index (κ2) is 10.4. The van der Waals surface area contributed by atoms with Gasteiger partial charge in [0.25, 0.3) is 0 Å². The Morgan fingerprint density at radius 2 is 2.18 bits per heavy atom. The van der Waals surface area contributed by atoms with Crippen molar-refractivity contribution in [1.29, 1.82) is 0 Å². The Hall–Kier alpha value is -1.34. The maximum Gasteiger partial charge on any atom is 0.227 e. The molecule has 0 aromatic heterocycles. The number of benzene rings is 1. The van der Waals surface area contributed by atoms with E-state index < -0.39 is 0 Å². The van der Waals surface area contributed by atoms with Crippen LogP contribution in [0.3, 0.4) is 0 Å². The fourth-order valence-electron chi connectivity index (χ4n) is 1.75. The molecule has 1 rings (SSSR count). The molecule has 0 bridgehead atoms. The summed E-state index contributed by atoms with van der Waals surface area (Å²) in [5.41, 5.74) is 6.02. The van der Waals surface area contributed by atoms with Crippen molar-refractivity contribution in [1.82, 2.24) is 0 Å². The first-order valence-corrected chi connectivity index (χ1v) is 7.51. The number of halogens is 1. The van der Waals surface area contributed by atoms with Gasteiger partial charge in [0.2, 0.25) is 5.91 Å². The number of carbonyl (C=O) groups excluding carboxylic acids is 1. The second-order valence-corrected chi connectivity index (χ2v) is 4.97. The summed E-state index contributed by atoms with van der Waals surface area (Å²) < 4.78 is 15.9. The van der Waals surface area contributed by atoms with Gasteiger partial charge in [-0.1, -0.05) is 11.6 Å². The number of methoxy groups -OCH3 is 1. The van der Waals surface area contributed by atoms with E-state index in [-0.39, 0.29) is 25.0 Å². The van der Waals surface area contributed by atoms with Crippen LogP contribution in [0.1, 0.15) is 13.3 Å². The predicted octanol–water partition coefficient (Wildman–Crippen LogP) is 2.06. The first kappa shape index (κ1) is 18.7. The van der Waals surface area contributed by atoms with Crippen LogP contribution in [0.25, 0.3) is 0 Å². The standard InChI is InChI=1S/C15H23ClN2O4/c1-3-21-6-7-22-14-5-4-11(16)8-13(14)18-15(19)9-12(10-17)20-2/h4-5,8,12H,3,6-7,9-10,17H2,1-2H3,(H,18,19). The van der Waals surface area contributed by atoms with E-state index in [1.807, 2.05) is 6.92 Å². The fourth-order valence-corrected chi connectivity index (χ4v) is 1.92. The Bertz CT molecular complexity index is 467. The third-order valence-electron chi connectivity index (χ3n) is 2.91. The summed E-state index contributed by atoms with van der Waals surface area (Å²) >= 11 is 5.97. The van der Waals surface area contributed by atoms with Crippen LogP contribution in [0.15, 0.2) is 18.2 Å². The van der Waals surface area contributed by atoms with Crippen molar-refractivity contribution >= 4 is 23.2 Å². The molecule has 1 amide bonds. The third-order valence-corrected chi connectivity index (χ3v) is 3.15. The largest absolute Gasteiger partial charge is 0.489 e. The zero-order valence-electron chi connectivity index (χ0n) is 12.9. The lowest BCUT2D eigenvalue weighted by molar-refractivity contribution is -0.118. The quantitative estimate of drug-likeness (QED) is 0.642. The SMILES string of the molecule is CCOCCOc1ccc(Cl)cc1NC(=O)CC(CN)OC. The highest BCUT2D eigenvalue weighted by atomic mass is 35.5. The molecule has 1 unspecified atom stereocenters. The van der Waals surface area contributed by atoms with Gasteiger partial charge in [-0.05, 0) is 25.1 Å². The molecule has 0 spiro atoms. The summed E-state index contributed by atoms with van der Waals surface area (Å²) in [5.74, 6) is 0.327. The van der Waals surface area contributed by atoms with Crippen LogP contribution in [0.4, 0.5) is 5.69 Å². The highest BCUT2D eigenvalue weighted by molar-refractivity contribution is 6.31. The van der Waals surface area contributed by atoms with Gasteiger partial charge in [0.15, 0.2) is 0 Å². The van der Waals surface area contributed by atoms with Crippen LogP contribution in [0.5, 0.6) is 5.75 Å². The molecule has 0 saturated heterocycles. The van der Waals surface area contributed by atoms with E-state index in [0.717, 1.165) is 0 Å². The summed E-state index contributed by atoms with van der Waals surface area (Å²) in [7, 11) is 1.52. The molecule has 0 aliphatic carbocycles. The summed E-state index contributed by atoms with van der Waals surface area (Å²) in [6.45, 7) is 3.69. The van der Waals surface area contributed by atoms with E-state index in [0.29, 0.717) is 36.3 Å². The van der Waals surface area contributed by atoms with Gasteiger partial charge in [-0.25, -0.2) is 0 Å². The molecule has 7 heteroatoms. The number of hydrogen-bond acceptors (Lipinski definition) is 5. The number of nitrogens with one attached hydrogen (secondary N) is 1. The maximum absolute atomic E-state index is 12.0. The van der Waals surface area contributed by atoms with Gasteiger partial charge in [0.05, 0.1) is 24.8 Å². The molecule has 0 heterocycles. The molecule has 0 radical (unpaired) electrons. The average molecular weight is 331 g/mol. The van der Waals surface area contributed by atoms with Crippen LogP contribution < -0.4 is 15.8 Å². The average Bonchev–Trinajstić information content (AvgIpc) is 2.51. The Balaban J connectivity index is 2.66. The minimum Gasteiger partial charge on any atom is -0.489 e. The van der Waals surface area contributed by atoms with E-state index in [1.165, 1.54) is 7.11 Å². The van der Waals surface area contributed by atoms with Crippen LogP contribution in [-0.4, -0.2) is 45.5 Å². The lowest BCUT2D eigenvalue weighted by Gasteiger charge is -2.15. The summed E-state index contributed by atoms with van der Waals surface area (Å²) in [5, 5.41) is 3.28. The predicted molar refractivity (Wildman–Crippen MR) is 86.5 cm³/mol. The molecule has 1 aromatic carbocycles. The molecule has 6 nitrogen and oxygen atoms in total. The molecular formula is C15H23ClN2O4. The second-order valence-electron chi connectivity index (χ2n) is 4.53. The number of ether oxygens (including phenoxy) is 3. The number of rotatable bonds is 10. The van der Waals surface area contributed by atoms with Gasteiger partial charge in [0.1, 0.15) is 12.4 Å². The molecule has 3 N–H and O–H groups in total. The molecule has 124 valence electrons. The molecule has 1 aromatic rings. The van der Waals surface area contributed by atoms with Crippen molar-refractivity contribution in [3.8, 4) is 5.75 Å². The van der Waals surface area contributed by atoms with Crippen molar-refractivity contribution in [2.24, 2.45) is 5.73 Å². The maximum atomic E-state index is 12.0. The number of hydrogen-bond donors (Lipinski definition) is 2. The van der Waals surface area contributed by atoms with Crippen molar-refractivity contribution in [2.45, 2.75) is 19.4 Å². The molecule has 0 aliphatic heterocycles. The van der Waals surface area contributed by atoms with E-state index >= 15 is 0 Å². The fraction of sp³-hybridized carbons (Fsp3) is 0.533. The Morgan fingerprint density at radius 1 is 1.41 bits per heavy atom. The highest BCUT2D eigenvalue weighted by Crippen LogP contribution is 2.28. The minimum atomic E-state index is -0.318. The Kier molecular flexibility index (Phi) is 8.84. The van der Waals surface area contributed by atoms with Gasteiger partial charge in [-0.2, -0.15) is 0 Å². The summed E-state index contributed by atoms with van der Waals surface area (Å²) in [6, 6.07) is 5.05. The number of nitrogens with two attached hydrogens (primary N) is 1. The first-order valence-electron chi connectivity index (χ1n) is 7.13. The topological polar surface area (TPSA) is 82.8 Å². The van der Waals surface area contributed by atoms with Gasteiger partial charge in [-0.15, -0.1) is 0 Å². The summed E-state index contributed by atoms with van der Waals surface area (Å²) in [4.78, 5) is 12.0. The number of anilines is 1. The molecular weight excluding hydrogens is 308 g/mol. The van der Waals surface area contributed by atoms with Gasteiger partial charge < -0.3 is 25.3 Å². The van der Waals surface area contributed by atoms with Crippen molar-refractivity contribution in [3.63, 3.8) is 0 Å². The smallest absolute Gasteiger partial charge is 0.227 e. The first-order chi connectivity index (χ1) is 10.6. The zero-order valence-corrected chi connectivity index (χ0v) is 13.7. The lowest BCUT2D eigenvalue weighted by atomic mass is 10.2. The van der Waals surface area contributed by atoms with Gasteiger partial charge in [-0.3, -0.25) is 4.79 Å². The van der Waals surface area contributed by atoms with Crippen molar-refractivity contribution < 1.29 is 19.0 Å². The molecule has 1 atom stereocenters. The molecule has 22 heavy (non-hydrogen) atoms. The highest BCUT2D eigenvalue weighted by Gasteiger charge is 2.14. The Labute approximate surface area is 135 Å². The minimum absolute atomic E-state index is 0.165. The van der Waals surface area contributed by atoms with Gasteiger partial charge in [0, 0.05) is 25.3 Å². The third kappa shape index (κ3) is 6.62. The molecule has 0 fully saturated rings. The van der Waals surface area contributed by atoms with Crippen LogP contribution in [0, 0.1) is 0 Å². The number of amides is 1. The van der Waals surface area contributed by atoms with E-state index in [9.17, 15) is 4.79 Å². The van der Waals surface area contributed by atoms with Crippen LogP contribution in [0.2, 0.25) is 5.02 Å². The lowest BCUT2D eigenvalue weighted by Crippen LogP contribution is -2.28. The molecule has 0 aliphatic rings.